The van der Waals surface area contributed by atoms with E-state index in [2.05, 4.69) is 26.0 Å². The molecule has 3 heterocycles. The second-order valence-corrected chi connectivity index (χ2v) is 14.8. The van der Waals surface area contributed by atoms with E-state index in [1.807, 2.05) is 0 Å². The fraction of sp³-hybridized carbons (Fsp3) is 0.516. The van der Waals surface area contributed by atoms with Crippen LogP contribution in [0.1, 0.15) is 71.8 Å². The first-order valence-corrected chi connectivity index (χ1v) is 15.8. The number of carbonyl (C=O) groups is 3. The Balaban J connectivity index is 1.64. The number of aromatic nitrogens is 3. The second kappa shape index (κ2) is 13.2. The number of alkyl carbamates (subject to hydrolysis) is 1. The molecule has 0 radical (unpaired) electrons. The Bertz CT molecular complexity index is 1680. The van der Waals surface area contributed by atoms with Gasteiger partial charge in [0.1, 0.15) is 38.5 Å². The SMILES string of the molecule is Cn1ncc(NC(=O)c2nc(-c3c(F)cccc3F)sc2NC(=O)OC(C)(C)C)c1N1CC[C@@](C)(NC(=O)OC(C)(C)C)CC(F)(F)C1. The van der Waals surface area contributed by atoms with Gasteiger partial charge in [-0.25, -0.2) is 32.1 Å². The van der Waals surface area contributed by atoms with Gasteiger partial charge in [0.05, 0.1) is 18.3 Å². The summed E-state index contributed by atoms with van der Waals surface area (Å²) in [5.41, 5.74) is -3.96. The van der Waals surface area contributed by atoms with Gasteiger partial charge in [0.15, 0.2) is 11.5 Å². The second-order valence-electron chi connectivity index (χ2n) is 13.8. The zero-order chi connectivity index (χ0) is 35.8. The molecule has 12 nitrogen and oxygen atoms in total. The number of halogens is 4. The van der Waals surface area contributed by atoms with E-state index in [0.29, 0.717) is 11.3 Å². The molecule has 0 spiro atoms. The molecule has 3 N–H and O–H groups in total. The van der Waals surface area contributed by atoms with Gasteiger partial charge in [-0.05, 0) is 67.0 Å². The maximum absolute atomic E-state index is 15.4. The van der Waals surface area contributed by atoms with Gasteiger partial charge in [0.2, 0.25) is 0 Å². The van der Waals surface area contributed by atoms with Crippen LogP contribution in [0.3, 0.4) is 0 Å². The highest BCUT2D eigenvalue weighted by molar-refractivity contribution is 7.19. The Morgan fingerprint density at radius 3 is 2.19 bits per heavy atom. The number of carbonyl (C=O) groups excluding carboxylic acids is 3. The fourth-order valence-corrected chi connectivity index (χ4v) is 6.13. The van der Waals surface area contributed by atoms with E-state index in [1.54, 1.807) is 41.5 Å². The molecule has 48 heavy (non-hydrogen) atoms. The average molecular weight is 698 g/mol. The van der Waals surface area contributed by atoms with Gasteiger partial charge in [-0.15, -0.1) is 0 Å². The average Bonchev–Trinajstić information content (AvgIpc) is 3.43. The highest BCUT2D eigenvalue weighted by atomic mass is 32.1. The van der Waals surface area contributed by atoms with Crippen molar-refractivity contribution in [3.63, 3.8) is 0 Å². The normalized spacial score (nSPS) is 18.1. The maximum atomic E-state index is 15.4. The van der Waals surface area contributed by atoms with Gasteiger partial charge in [-0.3, -0.25) is 14.8 Å². The predicted octanol–water partition coefficient (Wildman–Crippen LogP) is 6.94. The Morgan fingerprint density at radius 1 is 0.979 bits per heavy atom. The van der Waals surface area contributed by atoms with Crippen molar-refractivity contribution < 1.29 is 41.4 Å². The number of thiazole rings is 1. The number of alkyl halides is 2. The molecule has 1 saturated heterocycles. The van der Waals surface area contributed by atoms with Gasteiger partial charge >= 0.3 is 12.2 Å². The number of amides is 3. The molecule has 262 valence electrons. The molecule has 1 aliphatic heterocycles. The molecular weight excluding hydrogens is 658 g/mol. The standard InChI is InChI=1S/C31H39F4N7O5S/c1-28(2,3)46-26(44)39-24-21(38-23(48-24)20-17(32)10-9-11-18(20)33)22(43)37-19-14-36-41(8)25(19)42-13-12-30(7,15-31(34,35)16-42)40-27(45)47-29(4,5)6/h9-11,14H,12-13,15-16H2,1-8H3,(H,37,43)(H,39,44)(H,40,45)/t30-/m1/s1. The van der Waals surface area contributed by atoms with E-state index in [4.69, 9.17) is 9.47 Å². The van der Waals surface area contributed by atoms with Crippen molar-refractivity contribution in [2.75, 3.05) is 28.6 Å². The molecule has 1 aromatic carbocycles. The van der Waals surface area contributed by atoms with Crippen molar-refractivity contribution >= 4 is 45.9 Å². The lowest BCUT2D eigenvalue weighted by atomic mass is 9.91. The summed E-state index contributed by atoms with van der Waals surface area (Å²) in [6.07, 6.45) is -1.11. The van der Waals surface area contributed by atoms with Gasteiger partial charge in [-0.2, -0.15) is 5.10 Å². The molecule has 1 atom stereocenters. The number of benzene rings is 1. The number of ether oxygens (including phenoxy) is 2. The molecule has 0 bridgehead atoms. The Labute approximate surface area is 279 Å². The van der Waals surface area contributed by atoms with Crippen LogP contribution in [0.4, 0.5) is 43.7 Å². The summed E-state index contributed by atoms with van der Waals surface area (Å²) < 4.78 is 72.1. The predicted molar refractivity (Wildman–Crippen MR) is 173 cm³/mol. The van der Waals surface area contributed by atoms with Crippen molar-refractivity contribution in [2.24, 2.45) is 7.05 Å². The molecule has 0 unspecified atom stereocenters. The van der Waals surface area contributed by atoms with Crippen LogP contribution in [0.15, 0.2) is 24.4 Å². The van der Waals surface area contributed by atoms with Crippen molar-refractivity contribution in [1.29, 1.82) is 0 Å². The third kappa shape index (κ3) is 9.14. The molecule has 17 heteroatoms. The van der Waals surface area contributed by atoms with Crippen molar-refractivity contribution in [2.45, 2.75) is 84.0 Å². The smallest absolute Gasteiger partial charge is 0.412 e. The van der Waals surface area contributed by atoms with Gasteiger partial charge in [-0.1, -0.05) is 17.4 Å². The largest absolute Gasteiger partial charge is 0.444 e. The number of hydrogen-bond donors (Lipinski definition) is 3. The highest BCUT2D eigenvalue weighted by Crippen LogP contribution is 2.39. The van der Waals surface area contributed by atoms with Crippen LogP contribution in [-0.2, 0) is 16.5 Å². The summed E-state index contributed by atoms with van der Waals surface area (Å²) in [4.78, 5) is 44.3. The third-order valence-electron chi connectivity index (χ3n) is 6.90. The summed E-state index contributed by atoms with van der Waals surface area (Å²) in [6.45, 7) is 10.6. The first-order chi connectivity index (χ1) is 22.0. The van der Waals surface area contributed by atoms with E-state index in [0.717, 1.165) is 12.1 Å². The minimum atomic E-state index is -3.29. The minimum absolute atomic E-state index is 0.0249. The highest BCUT2D eigenvalue weighted by Gasteiger charge is 2.46. The summed E-state index contributed by atoms with van der Waals surface area (Å²) in [7, 11) is 1.50. The number of nitrogens with zero attached hydrogens (tertiary/aromatic N) is 4. The molecule has 3 aromatic rings. The number of aryl methyl sites for hydroxylation is 1. The fourth-order valence-electron chi connectivity index (χ4n) is 5.13. The van der Waals surface area contributed by atoms with Gasteiger partial charge in [0.25, 0.3) is 11.8 Å². The Morgan fingerprint density at radius 2 is 1.58 bits per heavy atom. The monoisotopic (exact) mass is 697 g/mol. The molecule has 1 aliphatic rings. The Kier molecular flexibility index (Phi) is 10.0. The van der Waals surface area contributed by atoms with Crippen LogP contribution >= 0.6 is 11.3 Å². The summed E-state index contributed by atoms with van der Waals surface area (Å²) in [6, 6.07) is 3.21. The van der Waals surface area contributed by atoms with Crippen molar-refractivity contribution in [3.05, 3.63) is 41.7 Å². The zero-order valence-corrected chi connectivity index (χ0v) is 28.7. The molecule has 0 saturated carbocycles. The number of hydrogen-bond acceptors (Lipinski definition) is 9. The third-order valence-corrected chi connectivity index (χ3v) is 7.88. The van der Waals surface area contributed by atoms with Crippen LogP contribution in [0.5, 0.6) is 0 Å². The van der Waals surface area contributed by atoms with E-state index in [1.165, 1.54) is 35.8 Å². The first-order valence-electron chi connectivity index (χ1n) is 15.0. The number of nitrogens with one attached hydrogen (secondary N) is 3. The first kappa shape index (κ1) is 36.4. The lowest BCUT2D eigenvalue weighted by molar-refractivity contribution is -0.0195. The van der Waals surface area contributed by atoms with Crippen LogP contribution in [0.2, 0.25) is 0 Å². The molecule has 3 amide bonds. The van der Waals surface area contributed by atoms with E-state index in [9.17, 15) is 23.2 Å². The quantitative estimate of drug-likeness (QED) is 0.236. The lowest BCUT2D eigenvalue weighted by Gasteiger charge is -2.32. The van der Waals surface area contributed by atoms with E-state index >= 15 is 8.78 Å². The van der Waals surface area contributed by atoms with Crippen LogP contribution in [0, 0.1) is 11.6 Å². The summed E-state index contributed by atoms with van der Waals surface area (Å²) >= 11 is 0.643. The maximum Gasteiger partial charge on any atom is 0.412 e. The number of rotatable bonds is 6. The Hall–Kier alpha value is -4.41. The minimum Gasteiger partial charge on any atom is -0.444 e. The molecule has 1 fully saturated rings. The molecular formula is C31H39F4N7O5S. The number of anilines is 3. The van der Waals surface area contributed by atoms with E-state index in [-0.39, 0.29) is 34.5 Å². The van der Waals surface area contributed by atoms with Crippen LogP contribution in [-0.4, -0.2) is 68.6 Å². The summed E-state index contributed by atoms with van der Waals surface area (Å²) in [5, 5.41) is 11.3. The van der Waals surface area contributed by atoms with Gasteiger partial charge < -0.3 is 25.0 Å². The topological polar surface area (TPSA) is 140 Å². The lowest BCUT2D eigenvalue weighted by Crippen LogP contribution is -2.50. The molecule has 4 rings (SSSR count). The van der Waals surface area contributed by atoms with Gasteiger partial charge in [0, 0.05) is 25.6 Å². The summed E-state index contributed by atoms with van der Waals surface area (Å²) in [5.74, 6) is -5.97. The molecule has 0 aliphatic carbocycles. The zero-order valence-electron chi connectivity index (χ0n) is 27.9. The molecule has 2 aromatic heterocycles. The van der Waals surface area contributed by atoms with Crippen LogP contribution < -0.4 is 20.9 Å². The van der Waals surface area contributed by atoms with Crippen LogP contribution in [0.25, 0.3) is 10.6 Å². The van der Waals surface area contributed by atoms with Crippen molar-refractivity contribution in [3.8, 4) is 10.6 Å². The van der Waals surface area contributed by atoms with Crippen molar-refractivity contribution in [1.82, 2.24) is 20.1 Å². The van der Waals surface area contributed by atoms with E-state index < -0.39 is 76.6 Å².